The van der Waals surface area contributed by atoms with Crippen LogP contribution in [0.15, 0.2) is 48.5 Å². The predicted octanol–water partition coefficient (Wildman–Crippen LogP) is 3.25. The van der Waals surface area contributed by atoms with Gasteiger partial charge in [0.25, 0.3) is 5.91 Å². The van der Waals surface area contributed by atoms with E-state index in [2.05, 4.69) is 0 Å². The monoisotopic (exact) mass is 344 g/mol. The molecule has 2 aliphatic rings. The minimum Gasteiger partial charge on any atom is -0.312 e. The molecule has 2 aromatic rings. The van der Waals surface area contributed by atoms with Gasteiger partial charge in [-0.05, 0) is 24.3 Å². The fraction of sp³-hybridized carbons (Fsp3) is 0.176. The summed E-state index contributed by atoms with van der Waals surface area (Å²) in [4.78, 5) is 27.9. The van der Waals surface area contributed by atoms with E-state index in [0.717, 1.165) is 11.3 Å². The maximum atomic E-state index is 13.1. The summed E-state index contributed by atoms with van der Waals surface area (Å²) in [5.41, 5.74) is 2.33. The summed E-state index contributed by atoms with van der Waals surface area (Å²) in [5.74, 6) is 0.0747. The van der Waals surface area contributed by atoms with E-state index in [4.69, 9.17) is 11.6 Å². The molecule has 116 valence electrons. The van der Waals surface area contributed by atoms with Crippen LogP contribution in [0.4, 0.5) is 11.4 Å². The lowest BCUT2D eigenvalue weighted by Crippen LogP contribution is -2.49. The Bertz CT molecular complexity index is 841. The molecular formula is C17H13ClN2O2S. The second-order valence-electron chi connectivity index (χ2n) is 5.52. The van der Waals surface area contributed by atoms with E-state index in [0.29, 0.717) is 10.7 Å². The van der Waals surface area contributed by atoms with Crippen LogP contribution < -0.4 is 9.80 Å². The van der Waals surface area contributed by atoms with Gasteiger partial charge in [0.1, 0.15) is 0 Å². The van der Waals surface area contributed by atoms with Crippen molar-refractivity contribution in [3.05, 3.63) is 59.1 Å². The van der Waals surface area contributed by atoms with Crippen LogP contribution in [0, 0.1) is 0 Å². The van der Waals surface area contributed by atoms with E-state index in [1.54, 1.807) is 35.0 Å². The molecule has 1 atom stereocenters. The van der Waals surface area contributed by atoms with Gasteiger partial charge < -0.3 is 4.90 Å². The first-order valence-corrected chi connectivity index (χ1v) is 8.52. The first kappa shape index (κ1) is 14.6. The molecule has 6 heteroatoms. The number of benzene rings is 2. The van der Waals surface area contributed by atoms with Crippen LogP contribution in [-0.2, 0) is 14.5 Å². The Labute approximate surface area is 143 Å². The molecule has 0 aliphatic carbocycles. The molecule has 0 bridgehead atoms. The number of rotatable bonds is 1. The number of hydrogen-bond donors (Lipinski definition) is 0. The summed E-state index contributed by atoms with van der Waals surface area (Å²) in [6.07, 6.45) is 0. The molecule has 4 nitrogen and oxygen atoms in total. The summed E-state index contributed by atoms with van der Waals surface area (Å²) < 4.78 is 0. The molecular weight excluding hydrogens is 332 g/mol. The largest absolute Gasteiger partial charge is 0.312 e. The van der Waals surface area contributed by atoms with Crippen molar-refractivity contribution in [2.75, 3.05) is 22.6 Å². The molecule has 4 rings (SSSR count). The highest BCUT2D eigenvalue weighted by Crippen LogP contribution is 2.55. The van der Waals surface area contributed by atoms with Gasteiger partial charge in [0.15, 0.2) is 0 Å². The fourth-order valence-electron chi connectivity index (χ4n) is 3.27. The van der Waals surface area contributed by atoms with Crippen molar-refractivity contribution < 1.29 is 9.59 Å². The van der Waals surface area contributed by atoms with Crippen molar-refractivity contribution in [1.82, 2.24) is 0 Å². The van der Waals surface area contributed by atoms with E-state index in [-0.39, 0.29) is 17.6 Å². The third-order valence-electron chi connectivity index (χ3n) is 4.26. The third-order valence-corrected chi connectivity index (χ3v) is 5.88. The maximum Gasteiger partial charge on any atom is 0.268 e. The number of nitrogens with zero attached hydrogens (tertiary/aromatic N) is 2. The lowest BCUT2D eigenvalue weighted by Gasteiger charge is -2.32. The predicted molar refractivity (Wildman–Crippen MR) is 92.9 cm³/mol. The van der Waals surface area contributed by atoms with Crippen LogP contribution in [0.3, 0.4) is 0 Å². The van der Waals surface area contributed by atoms with Crippen LogP contribution in [0.1, 0.15) is 5.56 Å². The number of hydrogen-bond acceptors (Lipinski definition) is 3. The van der Waals surface area contributed by atoms with Crippen LogP contribution in [0.25, 0.3) is 0 Å². The summed E-state index contributed by atoms with van der Waals surface area (Å²) >= 11 is 7.46. The Hall–Kier alpha value is -1.98. The van der Waals surface area contributed by atoms with Crippen LogP contribution in [0.2, 0.25) is 5.02 Å². The van der Waals surface area contributed by atoms with Gasteiger partial charge in [0.2, 0.25) is 10.8 Å². The van der Waals surface area contributed by atoms with Gasteiger partial charge in [-0.2, -0.15) is 0 Å². The third kappa shape index (κ3) is 1.87. The molecule has 2 heterocycles. The lowest BCUT2D eigenvalue weighted by atomic mass is 10.0. The highest BCUT2D eigenvalue weighted by atomic mass is 35.5. The van der Waals surface area contributed by atoms with Crippen molar-refractivity contribution in [3.63, 3.8) is 0 Å². The Morgan fingerprint density at radius 2 is 1.91 bits per heavy atom. The Balaban J connectivity index is 1.96. The van der Waals surface area contributed by atoms with Gasteiger partial charge in [-0.25, -0.2) is 0 Å². The zero-order valence-electron chi connectivity index (χ0n) is 12.3. The minimum atomic E-state index is -1.03. The van der Waals surface area contributed by atoms with E-state index in [1.165, 1.54) is 11.8 Å². The number of para-hydroxylation sites is 1. The highest BCUT2D eigenvalue weighted by molar-refractivity contribution is 8.02. The Morgan fingerprint density at radius 1 is 1.13 bits per heavy atom. The minimum absolute atomic E-state index is 0.0873. The first-order valence-electron chi connectivity index (χ1n) is 7.16. The van der Waals surface area contributed by atoms with Crippen LogP contribution in [-0.4, -0.2) is 24.6 Å². The highest BCUT2D eigenvalue weighted by Gasteiger charge is 2.60. The number of fused-ring (bicyclic) bond motifs is 2. The molecule has 23 heavy (non-hydrogen) atoms. The standard InChI is InChI=1S/C17H13ClN2O2S/c1-19-14-8-3-2-7-13(14)17(16(19)22)20(15(21)10-23-17)12-6-4-5-11(18)9-12/h2-9H,10H2,1H3/t17-/m1/s1. The molecule has 1 spiro atoms. The SMILES string of the molecule is CN1C(=O)[C@]2(SCC(=O)N2c2cccc(Cl)c2)c2ccccc21. The zero-order valence-corrected chi connectivity index (χ0v) is 13.9. The Morgan fingerprint density at radius 3 is 2.70 bits per heavy atom. The first-order chi connectivity index (χ1) is 11.1. The molecule has 2 aliphatic heterocycles. The molecule has 2 aromatic carbocycles. The average Bonchev–Trinajstić information content (AvgIpc) is 3.00. The maximum absolute atomic E-state index is 13.1. The number of anilines is 2. The summed E-state index contributed by atoms with van der Waals surface area (Å²) in [5, 5.41) is 0.537. The van der Waals surface area contributed by atoms with Gasteiger partial charge in [-0.15, -0.1) is 11.8 Å². The number of amides is 2. The Kier molecular flexibility index (Phi) is 3.18. The molecule has 0 unspecified atom stereocenters. The summed E-state index contributed by atoms with van der Waals surface area (Å²) in [6, 6.07) is 14.7. The van der Waals surface area contributed by atoms with Gasteiger partial charge in [0, 0.05) is 23.3 Å². The number of carbonyl (C=O) groups excluding carboxylic acids is 2. The molecule has 1 fully saturated rings. The van der Waals surface area contributed by atoms with Crippen molar-refractivity contribution in [1.29, 1.82) is 0 Å². The van der Waals surface area contributed by atoms with Crippen molar-refractivity contribution in [3.8, 4) is 0 Å². The zero-order chi connectivity index (χ0) is 16.2. The molecule has 0 aromatic heterocycles. The molecule has 0 N–H and O–H groups in total. The number of likely N-dealkylation sites (N-methyl/N-ethyl adjacent to an activating group) is 1. The van der Waals surface area contributed by atoms with Crippen molar-refractivity contribution in [2.45, 2.75) is 4.87 Å². The van der Waals surface area contributed by atoms with Crippen LogP contribution in [0.5, 0.6) is 0 Å². The number of thioether (sulfide) groups is 1. The van der Waals surface area contributed by atoms with E-state index >= 15 is 0 Å². The lowest BCUT2D eigenvalue weighted by molar-refractivity contribution is -0.123. The number of carbonyl (C=O) groups is 2. The average molecular weight is 345 g/mol. The fourth-order valence-corrected chi connectivity index (χ4v) is 4.84. The van der Waals surface area contributed by atoms with Crippen molar-refractivity contribution >= 4 is 46.6 Å². The number of halogens is 1. The van der Waals surface area contributed by atoms with Gasteiger partial charge in [-0.3, -0.25) is 14.5 Å². The van der Waals surface area contributed by atoms with E-state index in [9.17, 15) is 9.59 Å². The van der Waals surface area contributed by atoms with E-state index < -0.39 is 4.87 Å². The molecule has 0 saturated carbocycles. The normalized spacial score (nSPS) is 23.0. The topological polar surface area (TPSA) is 40.6 Å². The smallest absolute Gasteiger partial charge is 0.268 e. The van der Waals surface area contributed by atoms with Crippen LogP contribution >= 0.6 is 23.4 Å². The quantitative estimate of drug-likeness (QED) is 0.797. The molecule has 1 saturated heterocycles. The van der Waals surface area contributed by atoms with Gasteiger partial charge in [-0.1, -0.05) is 35.9 Å². The molecule has 2 amide bonds. The van der Waals surface area contributed by atoms with Gasteiger partial charge in [0.05, 0.1) is 11.4 Å². The van der Waals surface area contributed by atoms with E-state index in [1.807, 2.05) is 30.3 Å². The summed E-state index contributed by atoms with van der Waals surface area (Å²) in [6.45, 7) is 0. The second kappa shape index (κ2) is 5.01. The second-order valence-corrected chi connectivity index (χ2v) is 7.13. The molecule has 0 radical (unpaired) electrons. The van der Waals surface area contributed by atoms with Crippen molar-refractivity contribution in [2.24, 2.45) is 0 Å². The van der Waals surface area contributed by atoms with Gasteiger partial charge >= 0.3 is 0 Å². The summed E-state index contributed by atoms with van der Waals surface area (Å²) in [7, 11) is 1.75.